The maximum absolute atomic E-state index is 15.1. The van der Waals surface area contributed by atoms with E-state index in [1.807, 2.05) is 0 Å². The summed E-state index contributed by atoms with van der Waals surface area (Å²) in [6.07, 6.45) is -4.57. The monoisotopic (exact) mass is 1440 g/mol. The van der Waals surface area contributed by atoms with Crippen molar-refractivity contribution in [3.63, 3.8) is 0 Å². The minimum absolute atomic E-state index is 0.00240. The molecule has 0 radical (unpaired) electrons. The van der Waals surface area contributed by atoms with Crippen molar-refractivity contribution in [2.75, 3.05) is 0 Å². The normalized spacial score (nSPS) is 13.2. The van der Waals surface area contributed by atoms with Crippen LogP contribution in [0.4, 0.5) is 0 Å². The number of ether oxygens (including phenoxy) is 9. The SMILES string of the molecule is CC(C)(C)OC(=O)CCC(CCC(=O)OC(C)(C)C)(CCC(=O)OC(C)(C)C)CC(=O)CCC(N)(CCC(=O)NC(CCC(=O)OC(C)(C)C)(CCC(=O)OC(C)(C)C)CCC(=O)OC(C)(C)C)CCC(=O)NC(CCC(=O)OC(C)(C)C)(CCC(=O)OC(C)(C)C)CCC(=O)OC(C)(C)C. The fourth-order valence-corrected chi connectivity index (χ4v) is 11.2. The van der Waals surface area contributed by atoms with Crippen molar-refractivity contribution >= 4 is 71.3 Å². The van der Waals surface area contributed by atoms with Crippen molar-refractivity contribution in [1.29, 1.82) is 0 Å². The molecule has 0 aliphatic rings. The lowest BCUT2D eigenvalue weighted by atomic mass is 9.70. The number of hydrogen-bond acceptors (Lipinski definition) is 22. The van der Waals surface area contributed by atoms with Gasteiger partial charge >= 0.3 is 53.7 Å². The van der Waals surface area contributed by atoms with Crippen LogP contribution in [0.15, 0.2) is 0 Å². The van der Waals surface area contributed by atoms with Crippen molar-refractivity contribution in [2.45, 2.75) is 414 Å². The van der Waals surface area contributed by atoms with Crippen molar-refractivity contribution in [3.8, 4) is 0 Å². The zero-order valence-electron chi connectivity index (χ0n) is 67.3. The first-order valence-electron chi connectivity index (χ1n) is 36.1. The number of amides is 2. The van der Waals surface area contributed by atoms with Crippen LogP contribution in [0, 0.1) is 5.41 Å². The molecular weight excluding hydrogens is 1300 g/mol. The van der Waals surface area contributed by atoms with E-state index in [0.717, 1.165) is 0 Å². The van der Waals surface area contributed by atoms with Crippen molar-refractivity contribution in [2.24, 2.45) is 11.1 Å². The van der Waals surface area contributed by atoms with Crippen molar-refractivity contribution in [3.05, 3.63) is 0 Å². The average molecular weight is 1440 g/mol. The lowest BCUT2D eigenvalue weighted by Gasteiger charge is -2.37. The summed E-state index contributed by atoms with van der Waals surface area (Å²) < 4.78 is 51.2. The second-order valence-corrected chi connectivity index (χ2v) is 36.5. The van der Waals surface area contributed by atoms with E-state index in [4.69, 9.17) is 48.4 Å². The van der Waals surface area contributed by atoms with Gasteiger partial charge in [-0.15, -0.1) is 0 Å². The fourth-order valence-electron chi connectivity index (χ4n) is 11.2. The Labute approximate surface area is 605 Å². The molecule has 0 spiro atoms. The van der Waals surface area contributed by atoms with E-state index < -0.39 is 144 Å². The van der Waals surface area contributed by atoms with Crippen LogP contribution in [-0.4, -0.2) is 138 Å². The first-order chi connectivity index (χ1) is 45.2. The highest BCUT2D eigenvalue weighted by molar-refractivity contribution is 5.81. The van der Waals surface area contributed by atoms with E-state index in [1.54, 1.807) is 187 Å². The number of ketones is 1. The van der Waals surface area contributed by atoms with Gasteiger partial charge in [-0.05, 0) is 269 Å². The maximum atomic E-state index is 15.1. The van der Waals surface area contributed by atoms with E-state index >= 15 is 4.79 Å². The molecule has 0 heterocycles. The van der Waals surface area contributed by atoms with E-state index in [1.165, 1.54) is 0 Å². The van der Waals surface area contributed by atoms with Crippen LogP contribution in [0.3, 0.4) is 0 Å². The first-order valence-corrected chi connectivity index (χ1v) is 36.1. The number of hydrogen-bond donors (Lipinski definition) is 3. The third kappa shape index (κ3) is 49.9. The molecule has 0 aliphatic heterocycles. The average Bonchev–Trinajstić information content (AvgIpc) is 0.842. The quantitative estimate of drug-likeness (QED) is 0.0379. The Morgan fingerprint density at radius 3 is 0.554 bits per heavy atom. The first kappa shape index (κ1) is 94.8. The molecule has 0 bridgehead atoms. The van der Waals surface area contributed by atoms with Crippen LogP contribution in [0.25, 0.3) is 0 Å². The zero-order chi connectivity index (χ0) is 78.9. The molecule has 0 unspecified atom stereocenters. The number of rotatable bonds is 40. The molecule has 2 amide bonds. The Morgan fingerprint density at radius 2 is 0.386 bits per heavy atom. The van der Waals surface area contributed by atoms with Crippen molar-refractivity contribution < 1.29 is 100 Å². The molecule has 0 aromatic rings. The van der Waals surface area contributed by atoms with E-state index in [-0.39, 0.29) is 161 Å². The minimum atomic E-state index is -1.57. The number of carbonyl (C=O) groups excluding carboxylic acids is 12. The van der Waals surface area contributed by atoms with Crippen LogP contribution >= 0.6 is 0 Å². The van der Waals surface area contributed by atoms with Gasteiger partial charge in [0, 0.05) is 100 Å². The van der Waals surface area contributed by atoms with Gasteiger partial charge in [0.15, 0.2) is 0 Å². The van der Waals surface area contributed by atoms with Gasteiger partial charge < -0.3 is 59.0 Å². The van der Waals surface area contributed by atoms with Crippen LogP contribution < -0.4 is 16.4 Å². The van der Waals surface area contributed by atoms with E-state index in [2.05, 4.69) is 10.6 Å². The fraction of sp³-hybridized carbons (Fsp3) is 0.844. The van der Waals surface area contributed by atoms with E-state index in [9.17, 15) is 52.7 Å². The molecule has 101 heavy (non-hydrogen) atoms. The van der Waals surface area contributed by atoms with Gasteiger partial charge in [0.2, 0.25) is 11.8 Å². The summed E-state index contributed by atoms with van der Waals surface area (Å²) in [5, 5.41) is 6.16. The lowest BCUT2D eigenvalue weighted by Crippen LogP contribution is -2.51. The highest BCUT2D eigenvalue weighted by Gasteiger charge is 2.42. The molecule has 0 atom stereocenters. The van der Waals surface area contributed by atoms with Gasteiger partial charge in [-0.1, -0.05) is 0 Å². The number of esters is 9. The second kappa shape index (κ2) is 39.1. The maximum Gasteiger partial charge on any atom is 0.306 e. The number of nitrogens with two attached hydrogens (primary N) is 1. The number of Topliss-reactive ketones (excluding diaryl/α,β-unsaturated/α-hetero) is 1. The molecule has 0 rings (SSSR count). The van der Waals surface area contributed by atoms with Gasteiger partial charge in [-0.25, -0.2) is 0 Å². The van der Waals surface area contributed by atoms with E-state index in [0.29, 0.717) is 0 Å². The highest BCUT2D eigenvalue weighted by Crippen LogP contribution is 2.42. The topological polar surface area (TPSA) is 338 Å². The van der Waals surface area contributed by atoms with Gasteiger partial charge in [0.1, 0.15) is 56.2 Å². The van der Waals surface area contributed by atoms with Crippen LogP contribution in [-0.2, 0) is 100 Å². The Kier molecular flexibility index (Phi) is 36.7. The minimum Gasteiger partial charge on any atom is -0.460 e. The van der Waals surface area contributed by atoms with Crippen LogP contribution in [0.5, 0.6) is 0 Å². The Morgan fingerprint density at radius 1 is 0.228 bits per heavy atom. The number of nitrogens with one attached hydrogen (secondary N) is 2. The molecule has 0 fully saturated rings. The summed E-state index contributed by atoms with van der Waals surface area (Å²) in [6, 6.07) is 0. The van der Waals surface area contributed by atoms with Gasteiger partial charge in [0.25, 0.3) is 0 Å². The molecule has 24 heteroatoms. The molecule has 0 saturated heterocycles. The van der Waals surface area contributed by atoms with Crippen molar-refractivity contribution in [1.82, 2.24) is 10.6 Å². The molecule has 24 nitrogen and oxygen atoms in total. The summed E-state index contributed by atoms with van der Waals surface area (Å²) in [5.41, 5.74) is -6.12. The summed E-state index contributed by atoms with van der Waals surface area (Å²) in [6.45, 7) is 46.0. The van der Waals surface area contributed by atoms with Crippen LogP contribution in [0.2, 0.25) is 0 Å². The van der Waals surface area contributed by atoms with Crippen LogP contribution in [0.1, 0.15) is 347 Å². The molecule has 0 saturated carbocycles. The Bertz CT molecular complexity index is 2230. The largest absolute Gasteiger partial charge is 0.460 e. The summed E-state index contributed by atoms with van der Waals surface area (Å²) in [4.78, 5) is 167. The standard InChI is InChI=1S/C77H135N3O21/c1-65(2,3)93-56(84)31-40-74(41-32-57(85)94-66(4,5)6,42-33-58(86)95-67(7,8)9)52-53(81)28-43-75(78,44-29-54(82)79-76(46-34-59(87)96-68(10,11)12,47-35-60(88)97-69(13,14)15)48-36-61(89)98-70(16,17)18)45-30-55(83)80-77(49-37-62(90)99-71(19,20)21,50-38-63(91)100-72(22,23)24)51-39-64(92)101-73(25,26)27/h28-52,78H2,1-27H3,(H,79,82)(H,80,83). The number of carbonyl (C=O) groups is 12. The molecule has 0 aromatic heterocycles. The lowest BCUT2D eigenvalue weighted by molar-refractivity contribution is -0.159. The molecule has 0 aromatic carbocycles. The molecule has 4 N–H and O–H groups in total. The highest BCUT2D eigenvalue weighted by atomic mass is 16.6. The van der Waals surface area contributed by atoms with Gasteiger partial charge in [-0.3, -0.25) is 57.5 Å². The smallest absolute Gasteiger partial charge is 0.306 e. The Hall–Kier alpha value is -6.20. The third-order valence-corrected chi connectivity index (χ3v) is 15.2. The zero-order valence-corrected chi connectivity index (χ0v) is 67.3. The molecular formula is C77H135N3O21. The summed E-state index contributed by atoms with van der Waals surface area (Å²) in [5.74, 6) is -7.05. The third-order valence-electron chi connectivity index (χ3n) is 15.2. The predicted molar refractivity (Wildman–Crippen MR) is 384 cm³/mol. The Balaban J connectivity index is 8.47. The molecule has 0 aliphatic carbocycles. The predicted octanol–water partition coefficient (Wildman–Crippen LogP) is 13.8. The summed E-state index contributed by atoms with van der Waals surface area (Å²) in [7, 11) is 0. The van der Waals surface area contributed by atoms with Gasteiger partial charge in [-0.2, -0.15) is 0 Å². The summed E-state index contributed by atoms with van der Waals surface area (Å²) >= 11 is 0. The second-order valence-electron chi connectivity index (χ2n) is 36.5. The molecule has 584 valence electrons. The van der Waals surface area contributed by atoms with Gasteiger partial charge in [0.05, 0.1) is 0 Å².